The van der Waals surface area contributed by atoms with E-state index in [2.05, 4.69) is 20.7 Å². The molecule has 0 amide bonds. The molecule has 0 spiro atoms. The molecule has 0 heterocycles. The van der Waals surface area contributed by atoms with Crippen molar-refractivity contribution in [2.45, 2.75) is 0 Å². The van der Waals surface area contributed by atoms with Crippen LogP contribution in [0.2, 0.25) is 0 Å². The lowest BCUT2D eigenvalue weighted by Crippen LogP contribution is -2.03. The summed E-state index contributed by atoms with van der Waals surface area (Å²) in [5, 5.41) is 0. The zero-order valence-corrected chi connectivity index (χ0v) is 8.95. The van der Waals surface area contributed by atoms with Crippen LogP contribution in [0.1, 0.15) is 0 Å². The van der Waals surface area contributed by atoms with Gasteiger partial charge in [-0.1, -0.05) is 22.0 Å². The average Bonchev–Trinajstić information content (AvgIpc) is 1.82. The van der Waals surface area contributed by atoms with E-state index in [9.17, 15) is 8.42 Å². The van der Waals surface area contributed by atoms with Crippen molar-refractivity contribution in [3.8, 4) is 0 Å². The van der Waals surface area contributed by atoms with Gasteiger partial charge < -0.3 is 0 Å². The van der Waals surface area contributed by atoms with Crippen LogP contribution < -0.4 is 4.72 Å². The summed E-state index contributed by atoms with van der Waals surface area (Å²) in [4.78, 5) is 0. The number of halogens is 2. The Balaban J connectivity index is 2.91. The summed E-state index contributed by atoms with van der Waals surface area (Å²) in [5.74, 6) is 0. The van der Waals surface area contributed by atoms with Crippen LogP contribution in [0, 0.1) is 0 Å². The fourth-order valence-corrected chi connectivity index (χ4v) is 1.77. The molecule has 1 aromatic rings. The fraction of sp³-hybridized carbons (Fsp3) is 0. The van der Waals surface area contributed by atoms with Crippen LogP contribution in [0.4, 0.5) is 5.69 Å². The molecule has 0 radical (unpaired) electrons. The minimum atomic E-state index is -3.69. The zero-order chi connectivity index (χ0) is 9.19. The van der Waals surface area contributed by atoms with Crippen LogP contribution in [0.3, 0.4) is 0 Å². The first-order chi connectivity index (χ1) is 5.47. The van der Waals surface area contributed by atoms with E-state index in [1.165, 1.54) is 0 Å². The van der Waals surface area contributed by atoms with E-state index >= 15 is 0 Å². The van der Waals surface area contributed by atoms with E-state index in [1.807, 2.05) is 0 Å². The van der Waals surface area contributed by atoms with Gasteiger partial charge in [-0.15, -0.1) is 0 Å². The lowest BCUT2D eigenvalue weighted by atomic mass is 10.3. The van der Waals surface area contributed by atoms with Gasteiger partial charge in [0, 0.05) is 15.2 Å². The highest BCUT2D eigenvalue weighted by atomic mass is 79.9. The predicted octanol–water partition coefficient (Wildman–Crippen LogP) is 2.34. The van der Waals surface area contributed by atoms with Gasteiger partial charge in [0.05, 0.1) is 5.69 Å². The highest BCUT2D eigenvalue weighted by Crippen LogP contribution is 2.17. The lowest BCUT2D eigenvalue weighted by molar-refractivity contribution is 0.614. The fourth-order valence-electron chi connectivity index (χ4n) is 0.693. The SMILES string of the molecule is O=S(=O)(Cl)Nc1cccc(Br)c1. The largest absolute Gasteiger partial charge is 0.319 e. The lowest BCUT2D eigenvalue weighted by Gasteiger charge is -2.00. The second kappa shape index (κ2) is 3.64. The van der Waals surface area contributed by atoms with Crippen molar-refractivity contribution in [3.63, 3.8) is 0 Å². The summed E-state index contributed by atoms with van der Waals surface area (Å²) < 4.78 is 24.0. The molecule has 0 atom stereocenters. The van der Waals surface area contributed by atoms with Gasteiger partial charge >= 0.3 is 9.24 Å². The number of hydrogen-bond donors (Lipinski definition) is 1. The summed E-state index contributed by atoms with van der Waals surface area (Å²) >= 11 is 3.19. The van der Waals surface area contributed by atoms with Gasteiger partial charge in [-0.2, -0.15) is 8.42 Å². The van der Waals surface area contributed by atoms with Crippen molar-refractivity contribution in [2.75, 3.05) is 4.72 Å². The molecular weight excluding hydrogens is 265 g/mol. The molecule has 0 aliphatic heterocycles. The van der Waals surface area contributed by atoms with Crippen molar-refractivity contribution in [3.05, 3.63) is 28.7 Å². The Kier molecular flexibility index (Phi) is 2.98. The number of rotatable bonds is 2. The highest BCUT2D eigenvalue weighted by molar-refractivity contribution is 9.10. The molecular formula is C6H5BrClNO2S. The second-order valence-corrected chi connectivity index (χ2v) is 5.26. The third kappa shape index (κ3) is 3.42. The van der Waals surface area contributed by atoms with E-state index in [-0.39, 0.29) is 0 Å². The first kappa shape index (κ1) is 9.83. The molecule has 1 aromatic carbocycles. The van der Waals surface area contributed by atoms with Gasteiger partial charge in [-0.05, 0) is 18.2 Å². The summed E-state index contributed by atoms with van der Waals surface area (Å²) in [7, 11) is 1.27. The van der Waals surface area contributed by atoms with Gasteiger partial charge in [-0.25, -0.2) is 0 Å². The molecule has 0 unspecified atom stereocenters. The summed E-state index contributed by atoms with van der Waals surface area (Å²) in [6.07, 6.45) is 0. The first-order valence-corrected chi connectivity index (χ1v) is 6.05. The molecule has 3 nitrogen and oxygen atoms in total. The maximum Gasteiger partial charge on any atom is 0.319 e. The molecule has 0 saturated heterocycles. The molecule has 0 fully saturated rings. The highest BCUT2D eigenvalue weighted by Gasteiger charge is 2.03. The minimum absolute atomic E-state index is 0.430. The van der Waals surface area contributed by atoms with Crippen LogP contribution in [0.25, 0.3) is 0 Å². The van der Waals surface area contributed by atoms with Crippen molar-refractivity contribution in [2.24, 2.45) is 0 Å². The Morgan fingerprint density at radius 1 is 1.42 bits per heavy atom. The monoisotopic (exact) mass is 269 g/mol. The van der Waals surface area contributed by atoms with E-state index in [0.29, 0.717) is 5.69 Å². The van der Waals surface area contributed by atoms with Crippen LogP contribution in [0.15, 0.2) is 28.7 Å². The number of anilines is 1. The standard InChI is InChI=1S/C6H5BrClNO2S/c7-5-2-1-3-6(4-5)9-12(8,10)11/h1-4,9H. The van der Waals surface area contributed by atoms with Gasteiger partial charge in [-0.3, -0.25) is 4.72 Å². The molecule has 66 valence electrons. The molecule has 0 aromatic heterocycles. The molecule has 12 heavy (non-hydrogen) atoms. The van der Waals surface area contributed by atoms with Crippen molar-refractivity contribution in [1.29, 1.82) is 0 Å². The summed E-state index contributed by atoms with van der Waals surface area (Å²) in [5.41, 5.74) is 0.430. The first-order valence-electron chi connectivity index (χ1n) is 2.95. The Labute approximate surface area is 83.4 Å². The summed E-state index contributed by atoms with van der Waals surface area (Å²) in [6.45, 7) is 0. The second-order valence-electron chi connectivity index (χ2n) is 2.05. The van der Waals surface area contributed by atoms with Crippen LogP contribution >= 0.6 is 26.6 Å². The molecule has 0 bridgehead atoms. The van der Waals surface area contributed by atoms with Gasteiger partial charge in [0.1, 0.15) is 0 Å². The van der Waals surface area contributed by atoms with Crippen LogP contribution in [-0.2, 0) is 9.24 Å². The number of benzene rings is 1. The zero-order valence-electron chi connectivity index (χ0n) is 5.79. The Bertz CT molecular complexity index is 379. The van der Waals surface area contributed by atoms with Crippen molar-refractivity contribution in [1.82, 2.24) is 0 Å². The van der Waals surface area contributed by atoms with Gasteiger partial charge in [0.2, 0.25) is 0 Å². The van der Waals surface area contributed by atoms with E-state index < -0.39 is 9.24 Å². The molecule has 0 aliphatic carbocycles. The Hall–Kier alpha value is -0.260. The quantitative estimate of drug-likeness (QED) is 0.839. The molecule has 0 aliphatic rings. The minimum Gasteiger partial charge on any atom is -0.271 e. The summed E-state index contributed by atoms with van der Waals surface area (Å²) in [6, 6.07) is 6.70. The van der Waals surface area contributed by atoms with E-state index in [0.717, 1.165) is 4.47 Å². The van der Waals surface area contributed by atoms with Crippen molar-refractivity contribution >= 4 is 41.5 Å². The smallest absolute Gasteiger partial charge is 0.271 e. The average molecular weight is 271 g/mol. The number of hydrogen-bond acceptors (Lipinski definition) is 2. The topological polar surface area (TPSA) is 46.2 Å². The third-order valence-corrected chi connectivity index (χ3v) is 2.27. The molecule has 1 rings (SSSR count). The maximum absolute atomic E-state index is 10.6. The number of nitrogens with one attached hydrogen (secondary N) is 1. The molecule has 6 heteroatoms. The van der Waals surface area contributed by atoms with Crippen LogP contribution in [-0.4, -0.2) is 8.42 Å². The van der Waals surface area contributed by atoms with E-state index in [1.54, 1.807) is 24.3 Å². The molecule has 0 saturated carbocycles. The Morgan fingerprint density at radius 3 is 2.58 bits per heavy atom. The molecule has 1 N–H and O–H groups in total. The van der Waals surface area contributed by atoms with E-state index in [4.69, 9.17) is 10.7 Å². The van der Waals surface area contributed by atoms with Crippen LogP contribution in [0.5, 0.6) is 0 Å². The Morgan fingerprint density at radius 2 is 2.08 bits per heavy atom. The normalized spacial score (nSPS) is 11.2. The third-order valence-electron chi connectivity index (χ3n) is 1.06. The van der Waals surface area contributed by atoms with Crippen molar-refractivity contribution < 1.29 is 8.42 Å². The predicted molar refractivity (Wildman–Crippen MR) is 52.5 cm³/mol. The van der Waals surface area contributed by atoms with Gasteiger partial charge in [0.25, 0.3) is 0 Å². The maximum atomic E-state index is 10.6. The van der Waals surface area contributed by atoms with Gasteiger partial charge in [0.15, 0.2) is 0 Å².